The Hall–Kier alpha value is -1.06. The number of nitrogens with zero attached hydrogens (tertiary/aromatic N) is 3. The summed E-state index contributed by atoms with van der Waals surface area (Å²) < 4.78 is 1.94. The minimum Gasteiger partial charge on any atom is -0.288 e. The van der Waals surface area contributed by atoms with Crippen molar-refractivity contribution in [3.05, 3.63) is 41.1 Å². The molecule has 0 atom stereocenters. The van der Waals surface area contributed by atoms with Crippen LogP contribution in [0.1, 0.15) is 18.4 Å². The molecule has 5 heteroatoms. The van der Waals surface area contributed by atoms with Crippen LogP contribution in [0.15, 0.2) is 24.5 Å². The SMILES string of the molecule is CCc1nccn1-c1ccc(Cl)c(CCl)n1. The van der Waals surface area contributed by atoms with Crippen molar-refractivity contribution in [2.45, 2.75) is 19.2 Å². The first-order valence-corrected chi connectivity index (χ1v) is 5.91. The molecule has 0 aromatic carbocycles. The highest BCUT2D eigenvalue weighted by molar-refractivity contribution is 6.32. The van der Waals surface area contributed by atoms with Gasteiger partial charge in [-0.05, 0) is 12.1 Å². The van der Waals surface area contributed by atoms with Crippen molar-refractivity contribution in [3.63, 3.8) is 0 Å². The van der Waals surface area contributed by atoms with Crippen molar-refractivity contribution >= 4 is 23.2 Å². The fourth-order valence-corrected chi connectivity index (χ4v) is 1.95. The lowest BCUT2D eigenvalue weighted by atomic mass is 10.3. The molecule has 2 aromatic rings. The van der Waals surface area contributed by atoms with Crippen molar-refractivity contribution in [1.29, 1.82) is 0 Å². The van der Waals surface area contributed by atoms with E-state index in [1.807, 2.05) is 16.8 Å². The van der Waals surface area contributed by atoms with Gasteiger partial charge in [0.2, 0.25) is 0 Å². The van der Waals surface area contributed by atoms with Crippen LogP contribution in [-0.4, -0.2) is 14.5 Å². The molecule has 0 amide bonds. The normalized spacial score (nSPS) is 10.7. The van der Waals surface area contributed by atoms with Crippen LogP contribution in [0.3, 0.4) is 0 Å². The number of aryl methyl sites for hydroxylation is 1. The molecule has 0 bridgehead atoms. The Kier molecular flexibility index (Phi) is 3.46. The van der Waals surface area contributed by atoms with E-state index in [2.05, 4.69) is 16.9 Å². The van der Waals surface area contributed by atoms with Crippen LogP contribution in [0.2, 0.25) is 5.02 Å². The summed E-state index contributed by atoms with van der Waals surface area (Å²) in [6.07, 6.45) is 4.50. The van der Waals surface area contributed by atoms with E-state index >= 15 is 0 Å². The van der Waals surface area contributed by atoms with E-state index in [4.69, 9.17) is 23.2 Å². The number of imidazole rings is 1. The zero-order valence-electron chi connectivity index (χ0n) is 8.82. The lowest BCUT2D eigenvalue weighted by Crippen LogP contribution is -2.03. The maximum absolute atomic E-state index is 5.96. The minimum atomic E-state index is 0.308. The van der Waals surface area contributed by atoms with Gasteiger partial charge < -0.3 is 0 Å². The van der Waals surface area contributed by atoms with Gasteiger partial charge >= 0.3 is 0 Å². The number of hydrogen-bond acceptors (Lipinski definition) is 2. The van der Waals surface area contributed by atoms with E-state index in [9.17, 15) is 0 Å². The van der Waals surface area contributed by atoms with Gasteiger partial charge in [0.15, 0.2) is 0 Å². The summed E-state index contributed by atoms with van der Waals surface area (Å²) in [4.78, 5) is 8.65. The molecule has 0 spiro atoms. The molecular weight excluding hydrogens is 245 g/mol. The van der Waals surface area contributed by atoms with Gasteiger partial charge in [-0.3, -0.25) is 4.57 Å². The van der Waals surface area contributed by atoms with Gasteiger partial charge in [0.05, 0.1) is 16.6 Å². The summed E-state index contributed by atoms with van der Waals surface area (Å²) in [6, 6.07) is 3.67. The lowest BCUT2D eigenvalue weighted by Gasteiger charge is -2.07. The molecule has 0 aliphatic heterocycles. The Balaban J connectivity index is 2.48. The van der Waals surface area contributed by atoms with Crippen molar-refractivity contribution in [2.75, 3.05) is 0 Å². The largest absolute Gasteiger partial charge is 0.288 e. The number of halogens is 2. The Morgan fingerprint density at radius 3 is 2.88 bits per heavy atom. The molecule has 2 aromatic heterocycles. The minimum absolute atomic E-state index is 0.308. The number of pyridine rings is 1. The maximum Gasteiger partial charge on any atom is 0.138 e. The zero-order chi connectivity index (χ0) is 11.5. The van der Waals surface area contributed by atoms with Gasteiger partial charge in [-0.2, -0.15) is 0 Å². The Labute approximate surface area is 104 Å². The van der Waals surface area contributed by atoms with Gasteiger partial charge in [0, 0.05) is 18.8 Å². The molecule has 2 heterocycles. The molecule has 0 aliphatic carbocycles. The lowest BCUT2D eigenvalue weighted by molar-refractivity contribution is 0.861. The second-order valence-corrected chi connectivity index (χ2v) is 3.97. The standard InChI is InChI=1S/C11H11Cl2N3/c1-2-10-14-5-6-16(10)11-4-3-8(13)9(7-12)15-11/h3-6H,2,7H2,1H3. The molecule has 16 heavy (non-hydrogen) atoms. The van der Waals surface area contributed by atoms with Gasteiger partial charge in [0.1, 0.15) is 11.6 Å². The monoisotopic (exact) mass is 255 g/mol. The Bertz CT molecular complexity index is 494. The molecule has 3 nitrogen and oxygen atoms in total. The van der Waals surface area contributed by atoms with Crippen LogP contribution in [0.25, 0.3) is 5.82 Å². The predicted octanol–water partition coefficient (Wildman–Crippen LogP) is 3.22. The fraction of sp³-hybridized carbons (Fsp3) is 0.273. The van der Waals surface area contributed by atoms with Crippen LogP contribution < -0.4 is 0 Å². The van der Waals surface area contributed by atoms with Crippen LogP contribution in [-0.2, 0) is 12.3 Å². The molecular formula is C11H11Cl2N3. The highest BCUT2D eigenvalue weighted by Gasteiger charge is 2.07. The summed E-state index contributed by atoms with van der Waals surface area (Å²) >= 11 is 11.7. The first-order chi connectivity index (χ1) is 7.76. The summed E-state index contributed by atoms with van der Waals surface area (Å²) in [7, 11) is 0. The first kappa shape index (κ1) is 11.4. The van der Waals surface area contributed by atoms with Gasteiger partial charge in [0.25, 0.3) is 0 Å². The van der Waals surface area contributed by atoms with E-state index in [-0.39, 0.29) is 0 Å². The Morgan fingerprint density at radius 2 is 2.19 bits per heavy atom. The van der Waals surface area contributed by atoms with Crippen molar-refractivity contribution < 1.29 is 0 Å². The van der Waals surface area contributed by atoms with Crippen molar-refractivity contribution in [1.82, 2.24) is 14.5 Å². The smallest absolute Gasteiger partial charge is 0.138 e. The summed E-state index contributed by atoms with van der Waals surface area (Å²) in [6.45, 7) is 2.05. The van der Waals surface area contributed by atoms with Crippen LogP contribution in [0.5, 0.6) is 0 Å². The van der Waals surface area contributed by atoms with E-state index in [0.717, 1.165) is 18.1 Å². The molecule has 84 valence electrons. The average Bonchev–Trinajstić information content (AvgIpc) is 2.78. The highest BCUT2D eigenvalue weighted by Crippen LogP contribution is 2.18. The van der Waals surface area contributed by atoms with Gasteiger partial charge in [-0.15, -0.1) is 11.6 Å². The molecule has 0 unspecified atom stereocenters. The molecule has 0 N–H and O–H groups in total. The molecule has 2 rings (SSSR count). The molecule has 0 fully saturated rings. The van der Waals surface area contributed by atoms with Crippen molar-refractivity contribution in [2.24, 2.45) is 0 Å². The number of alkyl halides is 1. The first-order valence-electron chi connectivity index (χ1n) is 5.00. The fourth-order valence-electron chi connectivity index (χ4n) is 1.51. The number of hydrogen-bond donors (Lipinski definition) is 0. The van der Waals surface area contributed by atoms with E-state index in [0.29, 0.717) is 16.6 Å². The number of aromatic nitrogens is 3. The maximum atomic E-state index is 5.96. The Morgan fingerprint density at radius 1 is 1.38 bits per heavy atom. The summed E-state index contributed by atoms with van der Waals surface area (Å²) in [5, 5.41) is 0.594. The third-order valence-corrected chi connectivity index (χ3v) is 2.91. The van der Waals surface area contributed by atoms with Gasteiger partial charge in [-0.1, -0.05) is 18.5 Å². The van der Waals surface area contributed by atoms with Gasteiger partial charge in [-0.25, -0.2) is 9.97 Å². The predicted molar refractivity (Wildman–Crippen MR) is 65.3 cm³/mol. The summed E-state index contributed by atoms with van der Waals surface area (Å²) in [5.74, 6) is 2.08. The van der Waals surface area contributed by atoms with Crippen molar-refractivity contribution in [3.8, 4) is 5.82 Å². The number of rotatable bonds is 3. The average molecular weight is 256 g/mol. The molecule has 0 aliphatic rings. The zero-order valence-corrected chi connectivity index (χ0v) is 10.3. The summed E-state index contributed by atoms with van der Waals surface area (Å²) in [5.41, 5.74) is 0.691. The third-order valence-electron chi connectivity index (χ3n) is 2.31. The second-order valence-electron chi connectivity index (χ2n) is 3.30. The molecule has 0 saturated heterocycles. The van der Waals surface area contributed by atoms with Crippen LogP contribution >= 0.6 is 23.2 Å². The van der Waals surface area contributed by atoms with E-state index in [1.165, 1.54) is 0 Å². The van der Waals surface area contributed by atoms with Crippen LogP contribution in [0, 0.1) is 0 Å². The second kappa shape index (κ2) is 4.85. The topological polar surface area (TPSA) is 30.7 Å². The van der Waals surface area contributed by atoms with Crippen LogP contribution in [0.4, 0.5) is 0 Å². The van der Waals surface area contributed by atoms with E-state index in [1.54, 1.807) is 12.3 Å². The highest BCUT2D eigenvalue weighted by atomic mass is 35.5. The quantitative estimate of drug-likeness (QED) is 0.789. The molecule has 0 saturated carbocycles. The van der Waals surface area contributed by atoms with E-state index < -0.39 is 0 Å². The third kappa shape index (κ3) is 2.06. The molecule has 0 radical (unpaired) electrons.